The Labute approximate surface area is 151 Å². The molecule has 0 saturated heterocycles. The van der Waals surface area contributed by atoms with Gasteiger partial charge >= 0.3 is 0 Å². The maximum Gasteiger partial charge on any atom is 0.273 e. The summed E-state index contributed by atoms with van der Waals surface area (Å²) in [5.41, 5.74) is 2.88. The molecule has 0 saturated carbocycles. The molecular weight excluding hydrogens is 334 g/mol. The van der Waals surface area contributed by atoms with Crippen molar-refractivity contribution in [2.45, 2.75) is 4.90 Å². The number of hydrogen-bond donors (Lipinski definition) is 1. The molecule has 0 radical (unpaired) electrons. The molecule has 0 aliphatic heterocycles. The van der Waals surface area contributed by atoms with Crippen molar-refractivity contribution >= 4 is 23.4 Å². The second-order valence-electron chi connectivity index (χ2n) is 5.45. The highest BCUT2D eigenvalue weighted by molar-refractivity contribution is 7.98. The fraction of sp³-hybridized carbons (Fsp3) is 0.158. The van der Waals surface area contributed by atoms with Crippen LogP contribution in [0.1, 0.15) is 10.5 Å². The highest BCUT2D eigenvalue weighted by atomic mass is 32.2. The van der Waals surface area contributed by atoms with Crippen molar-refractivity contribution in [2.75, 3.05) is 18.7 Å². The van der Waals surface area contributed by atoms with E-state index < -0.39 is 0 Å². The standard InChI is InChI=1S/C19H19N3O2S/c1-22-18(19(23)20-14-7-9-16(25-3)10-8-14)12-17(21-22)13-5-4-6-15(11-13)24-2/h4-12H,1-3H3,(H,20,23). The third kappa shape index (κ3) is 3.85. The van der Waals surface area contributed by atoms with E-state index >= 15 is 0 Å². The zero-order valence-corrected chi connectivity index (χ0v) is 15.1. The largest absolute Gasteiger partial charge is 0.497 e. The first kappa shape index (κ1) is 17.1. The Morgan fingerprint density at radius 3 is 2.60 bits per heavy atom. The summed E-state index contributed by atoms with van der Waals surface area (Å²) in [5.74, 6) is 0.559. The van der Waals surface area contributed by atoms with E-state index in [-0.39, 0.29) is 5.91 Å². The van der Waals surface area contributed by atoms with Crippen LogP contribution in [0, 0.1) is 0 Å². The lowest BCUT2D eigenvalue weighted by atomic mass is 10.1. The number of hydrogen-bond acceptors (Lipinski definition) is 4. The predicted molar refractivity (Wildman–Crippen MR) is 101 cm³/mol. The summed E-state index contributed by atoms with van der Waals surface area (Å²) in [4.78, 5) is 13.7. The summed E-state index contributed by atoms with van der Waals surface area (Å²) in [6, 6.07) is 17.1. The van der Waals surface area contributed by atoms with Crippen molar-refractivity contribution in [1.29, 1.82) is 0 Å². The molecule has 25 heavy (non-hydrogen) atoms. The molecule has 0 fully saturated rings. The Bertz CT molecular complexity index is 888. The van der Waals surface area contributed by atoms with Crippen LogP contribution in [0.15, 0.2) is 59.5 Å². The highest BCUT2D eigenvalue weighted by Crippen LogP contribution is 2.24. The van der Waals surface area contributed by atoms with Gasteiger partial charge < -0.3 is 10.1 Å². The quantitative estimate of drug-likeness (QED) is 0.703. The molecular formula is C19H19N3O2S. The van der Waals surface area contributed by atoms with Crippen LogP contribution in [0.25, 0.3) is 11.3 Å². The number of nitrogens with one attached hydrogen (secondary N) is 1. The van der Waals surface area contributed by atoms with E-state index in [4.69, 9.17) is 4.74 Å². The van der Waals surface area contributed by atoms with Gasteiger partial charge in [0.2, 0.25) is 0 Å². The first-order valence-corrected chi connectivity index (χ1v) is 8.97. The average Bonchev–Trinajstić information content (AvgIpc) is 3.04. The van der Waals surface area contributed by atoms with Crippen molar-refractivity contribution in [3.05, 3.63) is 60.3 Å². The summed E-state index contributed by atoms with van der Waals surface area (Å²) in [5, 5.41) is 7.35. The van der Waals surface area contributed by atoms with Gasteiger partial charge in [-0.3, -0.25) is 9.48 Å². The number of rotatable bonds is 5. The molecule has 3 aromatic rings. The van der Waals surface area contributed by atoms with Crippen LogP contribution in [0.4, 0.5) is 5.69 Å². The first-order valence-electron chi connectivity index (χ1n) is 7.74. The Balaban J connectivity index is 1.82. The molecule has 1 aromatic heterocycles. The SMILES string of the molecule is COc1cccc(-c2cc(C(=O)Nc3ccc(SC)cc3)n(C)n2)c1. The zero-order chi connectivity index (χ0) is 17.8. The molecule has 0 aliphatic carbocycles. The molecule has 6 heteroatoms. The normalized spacial score (nSPS) is 10.5. The van der Waals surface area contributed by atoms with Crippen molar-refractivity contribution in [3.8, 4) is 17.0 Å². The van der Waals surface area contributed by atoms with Gasteiger partial charge in [-0.15, -0.1) is 11.8 Å². The second-order valence-corrected chi connectivity index (χ2v) is 6.33. The summed E-state index contributed by atoms with van der Waals surface area (Å²) < 4.78 is 6.83. The number of ether oxygens (including phenoxy) is 1. The Morgan fingerprint density at radius 2 is 1.92 bits per heavy atom. The van der Waals surface area contributed by atoms with Crippen molar-refractivity contribution in [1.82, 2.24) is 9.78 Å². The Hall–Kier alpha value is -2.73. The number of benzene rings is 2. The third-order valence-electron chi connectivity index (χ3n) is 3.83. The van der Waals surface area contributed by atoms with Gasteiger partial charge in [-0.2, -0.15) is 5.10 Å². The zero-order valence-electron chi connectivity index (χ0n) is 14.3. The predicted octanol–water partition coefficient (Wildman–Crippen LogP) is 4.07. The molecule has 0 atom stereocenters. The molecule has 1 N–H and O–H groups in total. The number of carbonyl (C=O) groups excluding carboxylic acids is 1. The Morgan fingerprint density at radius 1 is 1.16 bits per heavy atom. The minimum Gasteiger partial charge on any atom is -0.497 e. The number of amides is 1. The van der Waals surface area contributed by atoms with Gasteiger partial charge in [0.25, 0.3) is 5.91 Å². The van der Waals surface area contributed by atoms with E-state index in [1.165, 1.54) is 0 Å². The lowest BCUT2D eigenvalue weighted by molar-refractivity contribution is 0.101. The molecule has 3 rings (SSSR count). The summed E-state index contributed by atoms with van der Waals surface area (Å²) in [7, 11) is 3.38. The highest BCUT2D eigenvalue weighted by Gasteiger charge is 2.15. The molecule has 0 bridgehead atoms. The third-order valence-corrected chi connectivity index (χ3v) is 4.57. The molecule has 0 aliphatic rings. The van der Waals surface area contributed by atoms with E-state index in [0.29, 0.717) is 5.69 Å². The maximum atomic E-state index is 12.6. The van der Waals surface area contributed by atoms with Crippen LogP contribution in [-0.4, -0.2) is 29.1 Å². The lowest BCUT2D eigenvalue weighted by Gasteiger charge is -2.05. The fourth-order valence-electron chi connectivity index (χ4n) is 2.47. The van der Waals surface area contributed by atoms with Crippen molar-refractivity contribution in [3.63, 3.8) is 0 Å². The number of anilines is 1. The second kappa shape index (κ2) is 7.44. The molecule has 0 spiro atoms. The maximum absolute atomic E-state index is 12.6. The number of nitrogens with zero attached hydrogens (tertiary/aromatic N) is 2. The number of aryl methyl sites for hydroxylation is 1. The summed E-state index contributed by atoms with van der Waals surface area (Å²) in [6.07, 6.45) is 2.02. The van der Waals surface area contributed by atoms with E-state index in [0.717, 1.165) is 27.6 Å². The number of methoxy groups -OCH3 is 1. The van der Waals surface area contributed by atoms with Crippen LogP contribution in [-0.2, 0) is 7.05 Å². The van der Waals surface area contributed by atoms with Gasteiger partial charge in [-0.1, -0.05) is 12.1 Å². The molecule has 1 amide bonds. The van der Waals surface area contributed by atoms with Gasteiger partial charge in [-0.25, -0.2) is 0 Å². The van der Waals surface area contributed by atoms with Crippen LogP contribution in [0.2, 0.25) is 0 Å². The van der Waals surface area contributed by atoms with Gasteiger partial charge in [-0.05, 0) is 48.7 Å². The molecule has 0 unspecified atom stereocenters. The number of aromatic nitrogens is 2. The van der Waals surface area contributed by atoms with E-state index in [1.807, 2.05) is 54.8 Å². The van der Waals surface area contributed by atoms with Crippen LogP contribution in [0.5, 0.6) is 5.75 Å². The lowest BCUT2D eigenvalue weighted by Crippen LogP contribution is -2.15. The molecule has 128 valence electrons. The Kier molecular flexibility index (Phi) is 5.09. The smallest absolute Gasteiger partial charge is 0.273 e. The minimum atomic E-state index is -0.193. The van der Waals surface area contributed by atoms with E-state index in [9.17, 15) is 4.79 Å². The van der Waals surface area contributed by atoms with Gasteiger partial charge in [0, 0.05) is 23.2 Å². The summed E-state index contributed by atoms with van der Waals surface area (Å²) >= 11 is 1.66. The summed E-state index contributed by atoms with van der Waals surface area (Å²) in [6.45, 7) is 0. The number of carbonyl (C=O) groups is 1. The first-order chi connectivity index (χ1) is 12.1. The molecule has 2 aromatic carbocycles. The van der Waals surface area contributed by atoms with Crippen LogP contribution < -0.4 is 10.1 Å². The molecule has 5 nitrogen and oxygen atoms in total. The van der Waals surface area contributed by atoms with Gasteiger partial charge in [0.1, 0.15) is 11.4 Å². The van der Waals surface area contributed by atoms with Gasteiger partial charge in [0.05, 0.1) is 12.8 Å². The van der Waals surface area contributed by atoms with Crippen LogP contribution in [0.3, 0.4) is 0 Å². The van der Waals surface area contributed by atoms with Gasteiger partial charge in [0.15, 0.2) is 0 Å². The van der Waals surface area contributed by atoms with Crippen molar-refractivity contribution in [2.24, 2.45) is 7.05 Å². The topological polar surface area (TPSA) is 56.1 Å². The van der Waals surface area contributed by atoms with E-state index in [2.05, 4.69) is 10.4 Å². The van der Waals surface area contributed by atoms with Crippen LogP contribution >= 0.6 is 11.8 Å². The average molecular weight is 353 g/mol. The minimum absolute atomic E-state index is 0.193. The van der Waals surface area contributed by atoms with Crippen molar-refractivity contribution < 1.29 is 9.53 Å². The molecule has 1 heterocycles. The fourth-order valence-corrected chi connectivity index (χ4v) is 2.88. The monoisotopic (exact) mass is 353 g/mol. The number of thioether (sulfide) groups is 1. The van der Waals surface area contributed by atoms with E-state index in [1.54, 1.807) is 36.7 Å².